The van der Waals surface area contributed by atoms with Crippen molar-refractivity contribution in [2.45, 2.75) is 135 Å². The van der Waals surface area contributed by atoms with Crippen molar-refractivity contribution in [1.29, 1.82) is 0 Å². The van der Waals surface area contributed by atoms with E-state index in [1.54, 1.807) is 6.08 Å². The molecule has 300 valence electrons. The van der Waals surface area contributed by atoms with Crippen molar-refractivity contribution in [2.24, 2.45) is 68.2 Å². The van der Waals surface area contributed by atoms with Gasteiger partial charge in [0, 0.05) is 53.7 Å². The monoisotopic (exact) mass is 783 g/mol. The van der Waals surface area contributed by atoms with Gasteiger partial charge in [-0.3, -0.25) is 9.79 Å². The number of nitrogens with two attached hydrogens (primary N) is 2. The minimum absolute atomic E-state index is 0.00249. The maximum absolute atomic E-state index is 14.3. The van der Waals surface area contributed by atoms with Gasteiger partial charge in [-0.1, -0.05) is 73.8 Å². The molecule has 1 saturated heterocycles. The highest BCUT2D eigenvalue weighted by molar-refractivity contribution is 8.76. The lowest BCUT2D eigenvalue weighted by Crippen LogP contribution is -2.65. The first kappa shape index (κ1) is 40.4. The van der Waals surface area contributed by atoms with E-state index in [4.69, 9.17) is 11.5 Å². The van der Waals surface area contributed by atoms with E-state index in [2.05, 4.69) is 55.4 Å². The second-order valence-corrected chi connectivity index (χ2v) is 21.7. The van der Waals surface area contributed by atoms with Crippen LogP contribution in [0, 0.1) is 51.8 Å². The van der Waals surface area contributed by atoms with Gasteiger partial charge in [0.15, 0.2) is 11.7 Å². The number of aliphatic hydroxyl groups excluding tert-OH is 3. The van der Waals surface area contributed by atoms with Gasteiger partial charge in [-0.15, -0.1) is 0 Å². The van der Waals surface area contributed by atoms with Crippen LogP contribution in [0.4, 0.5) is 0 Å². The van der Waals surface area contributed by atoms with Crippen LogP contribution in [-0.4, -0.2) is 83.7 Å². The fraction of sp³-hybridized carbons (Fsp3) is 0.786. The van der Waals surface area contributed by atoms with Crippen molar-refractivity contribution < 1.29 is 25.2 Å². The zero-order valence-corrected chi connectivity index (χ0v) is 34.6. The SMILES string of the molecule is C[C@@H]1[C@H](O)CC(=C2CCCCC2)C(C)(C)C[C@H](n2ccnc2)CSSC[C@H]2C[C@H]1[C@@]1(C)C[C@@H](CN=C(N)N)[C@H]3C(=CC(=O)[C@@H]4C[C@@H](O)[C@@H](O)C[C@]34C)[C@]21O. The van der Waals surface area contributed by atoms with Crippen LogP contribution in [0.1, 0.15) is 111 Å². The Morgan fingerprint density at radius 3 is 2.39 bits per heavy atom. The fourth-order valence-electron chi connectivity index (χ4n) is 13.0. The zero-order valence-electron chi connectivity index (χ0n) is 33.0. The number of rotatable bonds is 3. The molecule has 8 N–H and O–H groups in total. The number of carbonyl (C=O) groups is 1. The van der Waals surface area contributed by atoms with E-state index in [1.165, 1.54) is 30.4 Å². The molecule has 1 aliphatic heterocycles. The van der Waals surface area contributed by atoms with Crippen LogP contribution in [0.5, 0.6) is 0 Å². The number of nitrogens with zero attached hydrogens (tertiary/aromatic N) is 3. The van der Waals surface area contributed by atoms with E-state index < -0.39 is 40.7 Å². The molecule has 4 saturated carbocycles. The standard InChI is InChI=1S/C42H65N5O5S2/c1-24-29-13-27(21-53-54-22-28(47-12-11-45-23-47)18-39(2,3)30(14-33(24)48)25-9-7-6-8-10-25)42(52)32-16-34(49)31-15-35(50)36(51)19-40(31,4)37(32)26(17-41(29,42)5)20-46-38(43)44/h11-12,16,23-24,26-29,31,33,35-37,48,50-52H,6-10,13-15,17-22H2,1-5H3,(H4,43,44,46)/t24-,26-,27+,28-,29+,31-,33+,35+,36-,37-,40-,41+,42+/m0/s1. The summed E-state index contributed by atoms with van der Waals surface area (Å²) in [6, 6.07) is 0.209. The van der Waals surface area contributed by atoms with E-state index in [0.29, 0.717) is 25.1 Å². The van der Waals surface area contributed by atoms with Crippen LogP contribution in [-0.2, 0) is 4.79 Å². The number of ketones is 1. The quantitative estimate of drug-likeness (QED) is 0.0948. The van der Waals surface area contributed by atoms with Crippen LogP contribution >= 0.6 is 21.6 Å². The van der Waals surface area contributed by atoms with Gasteiger partial charge in [0.1, 0.15) is 0 Å². The third-order valence-electron chi connectivity index (χ3n) is 15.6. The number of aliphatic hydroxyl groups is 4. The van der Waals surface area contributed by atoms with Crippen molar-refractivity contribution in [3.8, 4) is 0 Å². The summed E-state index contributed by atoms with van der Waals surface area (Å²) in [6.07, 6.45) is 14.2. The van der Waals surface area contributed by atoms with E-state index in [-0.39, 0.29) is 65.6 Å². The molecule has 6 aliphatic rings. The summed E-state index contributed by atoms with van der Waals surface area (Å²) in [6.45, 7) is 11.5. The molecule has 0 unspecified atom stereocenters. The Bertz CT molecular complexity index is 1640. The topological polar surface area (TPSA) is 180 Å². The predicted octanol–water partition coefficient (Wildman–Crippen LogP) is 5.81. The second-order valence-electron chi connectivity index (χ2n) is 19.2. The number of carbonyl (C=O) groups excluding carboxylic acids is 1. The highest BCUT2D eigenvalue weighted by Crippen LogP contribution is 2.71. The zero-order chi connectivity index (χ0) is 38.8. The lowest BCUT2D eigenvalue weighted by molar-refractivity contribution is -0.168. The Balaban J connectivity index is 1.34. The summed E-state index contributed by atoms with van der Waals surface area (Å²) >= 11 is 0. The Labute approximate surface area is 329 Å². The van der Waals surface area contributed by atoms with Crippen LogP contribution in [0.25, 0.3) is 0 Å². The third kappa shape index (κ3) is 6.84. The third-order valence-corrected chi connectivity index (χ3v) is 18.2. The summed E-state index contributed by atoms with van der Waals surface area (Å²) in [5.41, 5.74) is 12.8. The average Bonchev–Trinajstić information content (AvgIpc) is 3.73. The molecule has 0 aromatic carbocycles. The number of aliphatic imine (C=N–C) groups is 1. The molecule has 7 rings (SSSR count). The van der Waals surface area contributed by atoms with Crippen molar-refractivity contribution in [2.75, 3.05) is 18.1 Å². The summed E-state index contributed by atoms with van der Waals surface area (Å²) in [7, 11) is 3.67. The molecular formula is C42H65N5O5S2. The minimum atomic E-state index is -1.32. The van der Waals surface area contributed by atoms with Crippen molar-refractivity contribution in [3.05, 3.63) is 41.5 Å². The van der Waals surface area contributed by atoms with Gasteiger partial charge in [-0.25, -0.2) is 4.98 Å². The molecule has 13 atom stereocenters. The van der Waals surface area contributed by atoms with Gasteiger partial charge in [-0.05, 0) is 110 Å². The van der Waals surface area contributed by atoms with E-state index >= 15 is 0 Å². The highest BCUT2D eigenvalue weighted by atomic mass is 33.1. The molecule has 10 nitrogen and oxygen atoms in total. The van der Waals surface area contributed by atoms with Crippen LogP contribution < -0.4 is 11.5 Å². The normalized spacial score (nSPS) is 44.3. The lowest BCUT2D eigenvalue weighted by atomic mass is 9.42. The Kier molecular flexibility index (Phi) is 11.3. The van der Waals surface area contributed by atoms with Crippen molar-refractivity contribution in [3.63, 3.8) is 0 Å². The molecule has 2 bridgehead atoms. The number of allylic oxidation sites excluding steroid dienone is 2. The van der Waals surface area contributed by atoms with Gasteiger partial charge in [0.2, 0.25) is 0 Å². The summed E-state index contributed by atoms with van der Waals surface area (Å²) in [5.74, 6) is 0.332. The first-order valence-corrected chi connectivity index (χ1v) is 23.0. The maximum atomic E-state index is 14.3. The Morgan fingerprint density at radius 1 is 0.981 bits per heavy atom. The van der Waals surface area contributed by atoms with Gasteiger partial charge in [0.05, 0.1) is 30.2 Å². The Hall–Kier alpha value is -1.83. The van der Waals surface area contributed by atoms with Crippen LogP contribution in [0.15, 0.2) is 46.5 Å². The summed E-state index contributed by atoms with van der Waals surface area (Å²) in [5, 5.41) is 48.1. The molecule has 0 spiro atoms. The smallest absolute Gasteiger partial charge is 0.185 e. The Morgan fingerprint density at radius 2 is 1.70 bits per heavy atom. The van der Waals surface area contributed by atoms with Crippen LogP contribution in [0.2, 0.25) is 0 Å². The predicted molar refractivity (Wildman–Crippen MR) is 217 cm³/mol. The maximum Gasteiger partial charge on any atom is 0.185 e. The van der Waals surface area contributed by atoms with E-state index in [9.17, 15) is 25.2 Å². The molecule has 0 radical (unpaired) electrons. The first-order chi connectivity index (χ1) is 25.5. The highest BCUT2D eigenvalue weighted by Gasteiger charge is 2.72. The van der Waals surface area contributed by atoms with Crippen molar-refractivity contribution >= 4 is 33.3 Å². The minimum Gasteiger partial charge on any atom is -0.393 e. The molecule has 1 aromatic rings. The average molecular weight is 784 g/mol. The molecule has 5 fully saturated rings. The molecule has 5 aliphatic carbocycles. The van der Waals surface area contributed by atoms with Gasteiger partial charge < -0.3 is 36.5 Å². The number of guanidine groups is 1. The van der Waals surface area contributed by atoms with E-state index in [0.717, 1.165) is 37.0 Å². The van der Waals surface area contributed by atoms with Gasteiger partial charge in [0.25, 0.3) is 0 Å². The molecule has 2 heterocycles. The number of fused-ring (bicyclic) bond motifs is 9. The van der Waals surface area contributed by atoms with Crippen LogP contribution in [0.3, 0.4) is 0 Å². The number of aromatic nitrogens is 2. The molecule has 12 heteroatoms. The fourth-order valence-corrected chi connectivity index (χ4v) is 15.7. The number of hydrogen-bond acceptors (Lipinski definition) is 9. The largest absolute Gasteiger partial charge is 0.393 e. The summed E-state index contributed by atoms with van der Waals surface area (Å²) < 4.78 is 2.24. The first-order valence-electron chi connectivity index (χ1n) is 20.5. The number of hydrogen-bond donors (Lipinski definition) is 6. The molecule has 54 heavy (non-hydrogen) atoms. The number of imidazole rings is 1. The van der Waals surface area contributed by atoms with Gasteiger partial charge in [-0.2, -0.15) is 0 Å². The van der Waals surface area contributed by atoms with E-state index in [1.807, 2.05) is 34.1 Å². The van der Waals surface area contributed by atoms with Crippen molar-refractivity contribution in [1.82, 2.24) is 9.55 Å². The van der Waals surface area contributed by atoms with Gasteiger partial charge >= 0.3 is 0 Å². The molecule has 1 aromatic heterocycles. The molecular weight excluding hydrogens is 719 g/mol. The second kappa shape index (κ2) is 15.2. The molecule has 0 amide bonds. The lowest BCUT2D eigenvalue weighted by Gasteiger charge is -2.63. The summed E-state index contributed by atoms with van der Waals surface area (Å²) in [4.78, 5) is 23.2.